The second-order valence-corrected chi connectivity index (χ2v) is 3.65. The van der Waals surface area contributed by atoms with Crippen LogP contribution in [0, 0.1) is 0 Å². The molecular formula is C11H12ClF2NO3. The first kappa shape index (κ1) is 14.6. The van der Waals surface area contributed by atoms with Gasteiger partial charge in [0.15, 0.2) is 0 Å². The van der Waals surface area contributed by atoms with E-state index in [4.69, 9.17) is 16.3 Å². The predicted molar refractivity (Wildman–Crippen MR) is 61.0 cm³/mol. The average molecular weight is 280 g/mol. The lowest BCUT2D eigenvalue weighted by atomic mass is 10.1. The lowest BCUT2D eigenvalue weighted by Gasteiger charge is -2.12. The molecule has 1 heterocycles. The first-order chi connectivity index (χ1) is 8.53. The van der Waals surface area contributed by atoms with Crippen LogP contribution in [0.15, 0.2) is 6.07 Å². The minimum atomic E-state index is -2.72. The minimum absolute atomic E-state index is 0.00158. The fourth-order valence-corrected chi connectivity index (χ4v) is 1.70. The van der Waals surface area contributed by atoms with Crippen LogP contribution in [0.4, 0.5) is 8.78 Å². The molecule has 0 aliphatic rings. The Bertz CT molecular complexity index is 441. The molecule has 0 unspecified atom stereocenters. The molecule has 100 valence electrons. The van der Waals surface area contributed by atoms with Crippen molar-refractivity contribution in [3.8, 4) is 5.88 Å². The molecule has 0 bridgehead atoms. The highest BCUT2D eigenvalue weighted by atomic mass is 35.5. The number of esters is 1. The standard InChI is InChI=1S/C11H12ClF2NO3/c1-17-9(16)4-6-3-7(10(13)14)8(5-12)11(15-6)18-2/h3,10H,4-5H2,1-2H3. The average Bonchev–Trinajstić information content (AvgIpc) is 2.37. The summed E-state index contributed by atoms with van der Waals surface area (Å²) in [6.45, 7) is 0. The van der Waals surface area contributed by atoms with Crippen molar-refractivity contribution in [2.24, 2.45) is 0 Å². The number of carbonyl (C=O) groups excluding carboxylic acids is 1. The maximum Gasteiger partial charge on any atom is 0.311 e. The molecule has 0 atom stereocenters. The van der Waals surface area contributed by atoms with Gasteiger partial charge in [-0.25, -0.2) is 13.8 Å². The fourth-order valence-electron chi connectivity index (χ4n) is 1.43. The molecular weight excluding hydrogens is 268 g/mol. The van der Waals surface area contributed by atoms with E-state index in [2.05, 4.69) is 9.72 Å². The highest BCUT2D eigenvalue weighted by Gasteiger charge is 2.20. The predicted octanol–water partition coefficient (Wildman–Crippen LogP) is 2.48. The largest absolute Gasteiger partial charge is 0.481 e. The summed E-state index contributed by atoms with van der Waals surface area (Å²) in [7, 11) is 2.51. The van der Waals surface area contributed by atoms with Gasteiger partial charge in [-0.1, -0.05) is 0 Å². The summed E-state index contributed by atoms with van der Waals surface area (Å²) in [6.07, 6.45) is -2.91. The molecule has 0 aliphatic carbocycles. The SMILES string of the molecule is COC(=O)Cc1cc(C(F)F)c(CCl)c(OC)n1. The Morgan fingerprint density at radius 1 is 1.50 bits per heavy atom. The molecule has 0 spiro atoms. The van der Waals surface area contributed by atoms with Gasteiger partial charge >= 0.3 is 5.97 Å². The summed E-state index contributed by atoms with van der Waals surface area (Å²) in [6, 6.07) is 1.14. The van der Waals surface area contributed by atoms with Crippen LogP contribution in [0.5, 0.6) is 5.88 Å². The molecule has 1 aromatic rings. The van der Waals surface area contributed by atoms with E-state index >= 15 is 0 Å². The van der Waals surface area contributed by atoms with Crippen molar-refractivity contribution < 1.29 is 23.0 Å². The quantitative estimate of drug-likeness (QED) is 0.614. The second-order valence-electron chi connectivity index (χ2n) is 3.38. The van der Waals surface area contributed by atoms with Crippen molar-refractivity contribution in [2.45, 2.75) is 18.7 Å². The van der Waals surface area contributed by atoms with Crippen molar-refractivity contribution in [3.05, 3.63) is 22.9 Å². The molecule has 1 aromatic heterocycles. The van der Waals surface area contributed by atoms with Crippen LogP contribution in [-0.4, -0.2) is 25.2 Å². The molecule has 0 aliphatic heterocycles. The number of hydrogen-bond acceptors (Lipinski definition) is 4. The molecule has 0 radical (unpaired) electrons. The lowest BCUT2D eigenvalue weighted by molar-refractivity contribution is -0.139. The van der Waals surface area contributed by atoms with Crippen LogP contribution in [0.3, 0.4) is 0 Å². The first-order valence-electron chi connectivity index (χ1n) is 5.01. The van der Waals surface area contributed by atoms with E-state index in [9.17, 15) is 13.6 Å². The van der Waals surface area contributed by atoms with E-state index in [-0.39, 0.29) is 35.0 Å². The van der Waals surface area contributed by atoms with Crippen LogP contribution >= 0.6 is 11.6 Å². The zero-order valence-electron chi connectivity index (χ0n) is 9.87. The number of halogens is 3. The van der Waals surface area contributed by atoms with Crippen molar-refractivity contribution in [2.75, 3.05) is 14.2 Å². The molecule has 1 rings (SSSR count). The Balaban J connectivity index is 3.22. The van der Waals surface area contributed by atoms with Crippen molar-refractivity contribution >= 4 is 17.6 Å². The summed E-state index contributed by atoms with van der Waals surface area (Å²) in [5.41, 5.74) is 0.00130. The third kappa shape index (κ3) is 3.29. The topological polar surface area (TPSA) is 48.4 Å². The minimum Gasteiger partial charge on any atom is -0.481 e. The van der Waals surface area contributed by atoms with Gasteiger partial charge in [0.05, 0.1) is 32.2 Å². The van der Waals surface area contributed by atoms with Crippen molar-refractivity contribution in [1.82, 2.24) is 4.98 Å². The van der Waals surface area contributed by atoms with Crippen molar-refractivity contribution in [1.29, 1.82) is 0 Å². The fraction of sp³-hybridized carbons (Fsp3) is 0.455. The summed E-state index contributed by atoms with van der Waals surface area (Å²) in [4.78, 5) is 15.1. The number of pyridine rings is 1. The Morgan fingerprint density at radius 2 is 2.17 bits per heavy atom. The highest BCUT2D eigenvalue weighted by molar-refractivity contribution is 6.17. The molecule has 7 heteroatoms. The maximum absolute atomic E-state index is 12.9. The summed E-state index contributed by atoms with van der Waals surface area (Å²) >= 11 is 5.60. The highest BCUT2D eigenvalue weighted by Crippen LogP contribution is 2.30. The number of aromatic nitrogens is 1. The van der Waals surface area contributed by atoms with Gasteiger partial charge in [0.25, 0.3) is 6.43 Å². The first-order valence-corrected chi connectivity index (χ1v) is 5.54. The Kier molecular flexibility index (Phi) is 5.27. The third-order valence-corrected chi connectivity index (χ3v) is 2.56. The maximum atomic E-state index is 12.9. The third-order valence-electron chi connectivity index (χ3n) is 2.29. The number of carbonyl (C=O) groups is 1. The Morgan fingerprint density at radius 3 is 2.61 bits per heavy atom. The van der Waals surface area contributed by atoms with E-state index in [1.165, 1.54) is 14.2 Å². The summed E-state index contributed by atoms with van der Waals surface area (Å²) < 4.78 is 35.1. The van der Waals surface area contributed by atoms with Gasteiger partial charge in [0.1, 0.15) is 0 Å². The Hall–Kier alpha value is -1.43. The molecule has 0 saturated carbocycles. The van der Waals surface area contributed by atoms with E-state index < -0.39 is 12.4 Å². The monoisotopic (exact) mass is 279 g/mol. The number of nitrogens with zero attached hydrogens (tertiary/aromatic N) is 1. The number of alkyl halides is 3. The van der Waals surface area contributed by atoms with Gasteiger partial charge < -0.3 is 9.47 Å². The molecule has 18 heavy (non-hydrogen) atoms. The molecule has 4 nitrogen and oxygen atoms in total. The zero-order chi connectivity index (χ0) is 13.7. The van der Waals surface area contributed by atoms with E-state index in [0.717, 1.165) is 6.07 Å². The van der Waals surface area contributed by atoms with Crippen LogP contribution in [0.1, 0.15) is 23.2 Å². The van der Waals surface area contributed by atoms with E-state index in [1.807, 2.05) is 0 Å². The summed E-state index contributed by atoms with van der Waals surface area (Å²) in [5.74, 6) is -0.709. The molecule has 0 N–H and O–H groups in total. The van der Waals surface area contributed by atoms with Gasteiger partial charge in [-0.3, -0.25) is 4.79 Å². The molecule has 0 saturated heterocycles. The van der Waals surface area contributed by atoms with Gasteiger partial charge in [-0.15, -0.1) is 11.6 Å². The summed E-state index contributed by atoms with van der Waals surface area (Å²) in [5, 5.41) is 0. The van der Waals surface area contributed by atoms with Gasteiger partial charge in [0, 0.05) is 11.1 Å². The smallest absolute Gasteiger partial charge is 0.311 e. The zero-order valence-corrected chi connectivity index (χ0v) is 10.6. The van der Waals surface area contributed by atoms with E-state index in [0.29, 0.717) is 0 Å². The van der Waals surface area contributed by atoms with Crippen molar-refractivity contribution in [3.63, 3.8) is 0 Å². The molecule has 0 aromatic carbocycles. The van der Waals surface area contributed by atoms with Crippen LogP contribution < -0.4 is 4.74 Å². The number of methoxy groups -OCH3 is 2. The second kappa shape index (κ2) is 6.49. The molecule has 0 fully saturated rings. The van der Waals surface area contributed by atoms with Crippen LogP contribution in [0.2, 0.25) is 0 Å². The van der Waals surface area contributed by atoms with Gasteiger partial charge in [0.2, 0.25) is 5.88 Å². The number of hydrogen-bond donors (Lipinski definition) is 0. The van der Waals surface area contributed by atoms with Gasteiger partial charge in [-0.05, 0) is 6.07 Å². The number of rotatable bonds is 5. The Labute approximate surface area is 108 Å². The van der Waals surface area contributed by atoms with Crippen LogP contribution in [0.25, 0.3) is 0 Å². The van der Waals surface area contributed by atoms with Gasteiger partial charge in [-0.2, -0.15) is 0 Å². The lowest BCUT2D eigenvalue weighted by Crippen LogP contribution is -2.09. The number of ether oxygens (including phenoxy) is 2. The van der Waals surface area contributed by atoms with Crippen LogP contribution in [-0.2, 0) is 21.8 Å². The normalized spacial score (nSPS) is 10.6. The molecule has 0 amide bonds. The van der Waals surface area contributed by atoms with E-state index in [1.54, 1.807) is 0 Å².